The van der Waals surface area contributed by atoms with Crippen molar-refractivity contribution in [3.05, 3.63) is 34.4 Å². The molecule has 0 saturated heterocycles. The van der Waals surface area contributed by atoms with Crippen LogP contribution in [0.4, 0.5) is 0 Å². The van der Waals surface area contributed by atoms with Crippen molar-refractivity contribution in [2.24, 2.45) is 0 Å². The van der Waals surface area contributed by atoms with Gasteiger partial charge in [0.1, 0.15) is 34.5 Å². The molecule has 0 amide bonds. The molecular weight excluding hydrogens is 392 g/mol. The molecule has 1 aliphatic carbocycles. The van der Waals surface area contributed by atoms with Gasteiger partial charge in [0.05, 0.1) is 12.2 Å². The molecule has 0 bridgehead atoms. The normalized spacial score (nSPS) is 23.1. The van der Waals surface area contributed by atoms with Crippen molar-refractivity contribution < 1.29 is 40.5 Å². The van der Waals surface area contributed by atoms with Gasteiger partial charge in [-0.1, -0.05) is 13.8 Å². The van der Waals surface area contributed by atoms with E-state index in [4.69, 9.17) is 4.74 Å². The molecule has 0 spiro atoms. The lowest BCUT2D eigenvalue weighted by molar-refractivity contribution is 0.0643. The Morgan fingerprint density at radius 1 is 0.767 bits per heavy atom. The standard InChI is InChI=1S/C20H24O8.C2H6/c1-7-10(21)5-12(23)15(18(7)25)9-4-14(28-3)17(20(9)27)16-13(24)6-11(22)8(2)19(16)26;1-2/h5-6,9,14,17,20-27H,4H2,1-3H3;1-2H3. The summed E-state index contributed by atoms with van der Waals surface area (Å²) in [6.45, 7) is 6.94. The number of aliphatic hydroxyl groups is 1. The second-order valence-electron chi connectivity index (χ2n) is 7.24. The molecule has 30 heavy (non-hydrogen) atoms. The van der Waals surface area contributed by atoms with Crippen LogP contribution >= 0.6 is 0 Å². The second-order valence-corrected chi connectivity index (χ2v) is 7.24. The number of rotatable bonds is 3. The summed E-state index contributed by atoms with van der Waals surface area (Å²) in [6, 6.07) is 2.17. The summed E-state index contributed by atoms with van der Waals surface area (Å²) < 4.78 is 5.46. The van der Waals surface area contributed by atoms with Crippen LogP contribution in [0.2, 0.25) is 0 Å². The van der Waals surface area contributed by atoms with Crippen molar-refractivity contribution in [3.63, 3.8) is 0 Å². The van der Waals surface area contributed by atoms with Gasteiger partial charge in [-0.15, -0.1) is 0 Å². The lowest BCUT2D eigenvalue weighted by atomic mass is 9.86. The predicted octanol–water partition coefficient (Wildman–Crippen LogP) is 3.21. The van der Waals surface area contributed by atoms with Crippen LogP contribution < -0.4 is 0 Å². The van der Waals surface area contributed by atoms with Crippen LogP contribution in [0.3, 0.4) is 0 Å². The molecular formula is C22H30O8. The first-order valence-corrected chi connectivity index (χ1v) is 9.79. The summed E-state index contributed by atoms with van der Waals surface area (Å²) in [5.41, 5.74) is 0.376. The fourth-order valence-corrected chi connectivity index (χ4v) is 4.11. The van der Waals surface area contributed by atoms with Crippen molar-refractivity contribution in [3.8, 4) is 34.5 Å². The van der Waals surface area contributed by atoms with Gasteiger partial charge in [0.25, 0.3) is 0 Å². The number of aliphatic hydroxyl groups excluding tert-OH is 1. The molecule has 0 aromatic heterocycles. The van der Waals surface area contributed by atoms with Crippen LogP contribution in [0.15, 0.2) is 12.1 Å². The highest BCUT2D eigenvalue weighted by atomic mass is 16.5. The van der Waals surface area contributed by atoms with E-state index in [9.17, 15) is 35.7 Å². The number of aromatic hydroxyl groups is 6. The summed E-state index contributed by atoms with van der Waals surface area (Å²) in [4.78, 5) is 0. The maximum atomic E-state index is 11.0. The number of ether oxygens (including phenoxy) is 1. The largest absolute Gasteiger partial charge is 0.507 e. The summed E-state index contributed by atoms with van der Waals surface area (Å²) in [6.07, 6.45) is -1.73. The van der Waals surface area contributed by atoms with Crippen molar-refractivity contribution in [2.75, 3.05) is 7.11 Å². The zero-order valence-electron chi connectivity index (χ0n) is 17.7. The van der Waals surface area contributed by atoms with E-state index in [1.165, 1.54) is 21.0 Å². The third-order valence-corrected chi connectivity index (χ3v) is 5.76. The molecule has 2 aromatic rings. The van der Waals surface area contributed by atoms with Crippen LogP contribution in [0.1, 0.15) is 54.4 Å². The van der Waals surface area contributed by atoms with E-state index in [1.54, 1.807) is 0 Å². The molecule has 0 aliphatic heterocycles. The second kappa shape index (κ2) is 8.89. The molecule has 7 N–H and O–H groups in total. The molecule has 166 valence electrons. The quantitative estimate of drug-likeness (QED) is 0.398. The van der Waals surface area contributed by atoms with Crippen LogP contribution in [-0.4, -0.2) is 55.1 Å². The summed E-state index contributed by atoms with van der Waals surface area (Å²) in [7, 11) is 1.41. The molecule has 2 aromatic carbocycles. The third kappa shape index (κ3) is 3.68. The smallest absolute Gasteiger partial charge is 0.129 e. The Morgan fingerprint density at radius 2 is 1.20 bits per heavy atom. The highest BCUT2D eigenvalue weighted by Gasteiger charge is 2.48. The Balaban J connectivity index is 0.00000155. The van der Waals surface area contributed by atoms with Crippen LogP contribution in [0, 0.1) is 13.8 Å². The van der Waals surface area contributed by atoms with Crippen LogP contribution in [0.25, 0.3) is 0 Å². The van der Waals surface area contributed by atoms with Gasteiger partial charge in [-0.05, 0) is 20.3 Å². The average molecular weight is 422 g/mol. The van der Waals surface area contributed by atoms with Crippen molar-refractivity contribution in [1.29, 1.82) is 0 Å². The van der Waals surface area contributed by atoms with Gasteiger partial charge < -0.3 is 40.5 Å². The maximum Gasteiger partial charge on any atom is 0.129 e. The molecule has 1 aliphatic rings. The first-order valence-electron chi connectivity index (χ1n) is 9.79. The number of phenols is 6. The summed E-state index contributed by atoms with van der Waals surface area (Å²) >= 11 is 0. The lowest BCUT2D eigenvalue weighted by Crippen LogP contribution is -2.24. The van der Waals surface area contributed by atoms with E-state index in [2.05, 4.69) is 0 Å². The number of hydrogen-bond donors (Lipinski definition) is 7. The van der Waals surface area contributed by atoms with Gasteiger partial charge in [0.2, 0.25) is 0 Å². The van der Waals surface area contributed by atoms with Crippen molar-refractivity contribution >= 4 is 0 Å². The zero-order valence-corrected chi connectivity index (χ0v) is 17.7. The Hall–Kier alpha value is -2.84. The molecule has 8 heteroatoms. The highest BCUT2D eigenvalue weighted by Crippen LogP contribution is 2.55. The van der Waals surface area contributed by atoms with E-state index in [0.717, 1.165) is 12.1 Å². The number of methoxy groups -OCH3 is 1. The summed E-state index contributed by atoms with van der Waals surface area (Å²) in [5.74, 6) is -3.73. The van der Waals surface area contributed by atoms with Gasteiger partial charge in [-0.3, -0.25) is 0 Å². The van der Waals surface area contributed by atoms with Gasteiger partial charge in [0, 0.05) is 53.3 Å². The van der Waals surface area contributed by atoms with Crippen LogP contribution in [-0.2, 0) is 4.74 Å². The molecule has 0 radical (unpaired) electrons. The molecule has 1 saturated carbocycles. The van der Waals surface area contributed by atoms with E-state index in [1.807, 2.05) is 13.8 Å². The highest BCUT2D eigenvalue weighted by molar-refractivity contribution is 5.60. The van der Waals surface area contributed by atoms with E-state index < -0.39 is 29.8 Å². The monoisotopic (exact) mass is 422 g/mol. The lowest BCUT2D eigenvalue weighted by Gasteiger charge is -2.25. The van der Waals surface area contributed by atoms with Crippen molar-refractivity contribution in [1.82, 2.24) is 0 Å². The number of benzene rings is 2. The van der Waals surface area contributed by atoms with Crippen molar-refractivity contribution in [2.45, 2.75) is 58.2 Å². The Kier molecular flexibility index (Phi) is 6.95. The molecule has 8 nitrogen and oxygen atoms in total. The number of hydrogen-bond acceptors (Lipinski definition) is 8. The predicted molar refractivity (Wildman–Crippen MR) is 111 cm³/mol. The molecule has 1 fully saturated rings. The van der Waals surface area contributed by atoms with Gasteiger partial charge in [-0.2, -0.15) is 0 Å². The molecule has 3 rings (SSSR count). The molecule has 0 heterocycles. The van der Waals surface area contributed by atoms with Gasteiger partial charge in [0.15, 0.2) is 0 Å². The third-order valence-electron chi connectivity index (χ3n) is 5.76. The van der Waals surface area contributed by atoms with Gasteiger partial charge >= 0.3 is 0 Å². The maximum absolute atomic E-state index is 11.0. The van der Waals surface area contributed by atoms with Crippen LogP contribution in [0.5, 0.6) is 34.5 Å². The molecule has 4 unspecified atom stereocenters. The minimum atomic E-state index is -1.24. The Morgan fingerprint density at radius 3 is 1.67 bits per heavy atom. The van der Waals surface area contributed by atoms with Gasteiger partial charge in [-0.25, -0.2) is 0 Å². The first-order chi connectivity index (χ1) is 14.1. The topological polar surface area (TPSA) is 151 Å². The first kappa shape index (κ1) is 23.4. The van der Waals surface area contributed by atoms with E-state index >= 15 is 0 Å². The minimum absolute atomic E-state index is 0.0200. The summed E-state index contributed by atoms with van der Waals surface area (Å²) in [5, 5.41) is 72.1. The SMILES string of the molecule is CC.COC1CC(c2c(O)cc(O)c(C)c2O)C(O)C1c1c(O)cc(O)c(C)c1O. The number of phenolic OH excluding ortho intramolecular Hbond substituents is 6. The zero-order chi connectivity index (χ0) is 22.9. The Labute approximate surface area is 175 Å². The minimum Gasteiger partial charge on any atom is -0.507 e. The fourth-order valence-electron chi connectivity index (χ4n) is 4.11. The average Bonchev–Trinajstić information content (AvgIpc) is 3.02. The Bertz CT molecular complexity index is 924. The molecule has 4 atom stereocenters. The van der Waals surface area contributed by atoms with E-state index in [-0.39, 0.29) is 57.4 Å². The van der Waals surface area contributed by atoms with E-state index in [0.29, 0.717) is 0 Å². The fraction of sp³-hybridized carbons (Fsp3) is 0.455.